The molecule has 0 spiro atoms. The van der Waals surface area contributed by atoms with Gasteiger partial charge in [-0.1, -0.05) is 19.0 Å². The van der Waals surface area contributed by atoms with Gasteiger partial charge in [-0.25, -0.2) is 4.98 Å². The van der Waals surface area contributed by atoms with Gasteiger partial charge in [0.2, 0.25) is 0 Å². The molecule has 3 heterocycles. The first kappa shape index (κ1) is 15.3. The van der Waals surface area contributed by atoms with E-state index in [2.05, 4.69) is 29.3 Å². The fraction of sp³-hybridized carbons (Fsp3) is 0.353. The molecule has 23 heavy (non-hydrogen) atoms. The molecule has 1 N–H and O–H groups in total. The molecule has 3 rings (SSSR count). The number of carbonyl (C=O) groups excluding carboxylic acids is 1. The fourth-order valence-corrected chi connectivity index (χ4v) is 2.28. The van der Waals surface area contributed by atoms with Gasteiger partial charge in [0.05, 0.1) is 22.9 Å². The Bertz CT molecular complexity index is 834. The summed E-state index contributed by atoms with van der Waals surface area (Å²) in [6, 6.07) is 5.33. The zero-order valence-electron chi connectivity index (χ0n) is 13.6. The molecule has 0 radical (unpaired) electrons. The second-order valence-electron chi connectivity index (χ2n) is 5.99. The highest BCUT2D eigenvalue weighted by atomic mass is 16.5. The average Bonchev–Trinajstić information content (AvgIpc) is 3.16. The Hall–Kier alpha value is -2.63. The van der Waals surface area contributed by atoms with Crippen LogP contribution in [0.3, 0.4) is 0 Å². The van der Waals surface area contributed by atoms with Crippen LogP contribution in [0, 0.1) is 12.8 Å². The number of furan rings is 1. The SMILES string of the molecule is Cc1noc2nc(-c3ccco3)cc(C(=O)NC(C)C(C)C)c12. The van der Waals surface area contributed by atoms with E-state index < -0.39 is 0 Å². The molecule has 3 aromatic rings. The number of fused-ring (bicyclic) bond motifs is 1. The number of nitrogens with one attached hydrogen (secondary N) is 1. The lowest BCUT2D eigenvalue weighted by molar-refractivity contribution is 0.0932. The molecule has 0 aliphatic rings. The molecule has 0 aromatic carbocycles. The molecule has 0 bridgehead atoms. The summed E-state index contributed by atoms with van der Waals surface area (Å²) in [5.74, 6) is 0.744. The maximum atomic E-state index is 12.7. The highest BCUT2D eigenvalue weighted by Gasteiger charge is 2.21. The number of hydrogen-bond donors (Lipinski definition) is 1. The Kier molecular flexibility index (Phi) is 3.90. The Balaban J connectivity index is 2.10. The van der Waals surface area contributed by atoms with Gasteiger partial charge in [-0.3, -0.25) is 4.79 Å². The minimum Gasteiger partial charge on any atom is -0.463 e. The van der Waals surface area contributed by atoms with Crippen molar-refractivity contribution < 1.29 is 13.7 Å². The lowest BCUT2D eigenvalue weighted by Gasteiger charge is -2.17. The van der Waals surface area contributed by atoms with Crippen molar-refractivity contribution in [2.24, 2.45) is 5.92 Å². The van der Waals surface area contributed by atoms with E-state index >= 15 is 0 Å². The van der Waals surface area contributed by atoms with Crippen molar-refractivity contribution in [3.05, 3.63) is 35.7 Å². The third-order valence-corrected chi connectivity index (χ3v) is 3.99. The van der Waals surface area contributed by atoms with Crippen molar-refractivity contribution in [2.75, 3.05) is 0 Å². The molecule has 0 fully saturated rings. The molecular formula is C17H19N3O3. The molecule has 1 amide bonds. The molecule has 3 aromatic heterocycles. The number of hydrogen-bond acceptors (Lipinski definition) is 5. The second kappa shape index (κ2) is 5.87. The first-order chi connectivity index (χ1) is 11.0. The van der Waals surface area contributed by atoms with Crippen molar-refractivity contribution in [3.63, 3.8) is 0 Å². The molecule has 120 valence electrons. The molecule has 0 saturated carbocycles. The van der Waals surface area contributed by atoms with Gasteiger partial charge in [-0.2, -0.15) is 0 Å². The van der Waals surface area contributed by atoms with Crippen LogP contribution in [0.25, 0.3) is 22.6 Å². The first-order valence-corrected chi connectivity index (χ1v) is 7.59. The zero-order valence-corrected chi connectivity index (χ0v) is 13.6. The third-order valence-electron chi connectivity index (χ3n) is 3.99. The molecule has 0 aliphatic carbocycles. The van der Waals surface area contributed by atoms with Crippen LogP contribution in [0.1, 0.15) is 36.8 Å². The minimum absolute atomic E-state index is 0.0537. The number of carbonyl (C=O) groups is 1. The normalized spacial score (nSPS) is 12.7. The Morgan fingerprint density at radius 2 is 2.09 bits per heavy atom. The summed E-state index contributed by atoms with van der Waals surface area (Å²) in [6.07, 6.45) is 1.56. The summed E-state index contributed by atoms with van der Waals surface area (Å²) in [5, 5.41) is 7.57. The van der Waals surface area contributed by atoms with Crippen molar-refractivity contribution >= 4 is 17.0 Å². The van der Waals surface area contributed by atoms with Crippen LogP contribution < -0.4 is 5.32 Å². The molecule has 1 atom stereocenters. The van der Waals surface area contributed by atoms with Crippen LogP contribution in [0.15, 0.2) is 33.4 Å². The predicted octanol–water partition coefficient (Wildman–Crippen LogP) is 3.57. The largest absolute Gasteiger partial charge is 0.463 e. The van der Waals surface area contributed by atoms with E-state index in [9.17, 15) is 4.79 Å². The number of nitrogens with zero attached hydrogens (tertiary/aromatic N) is 2. The van der Waals surface area contributed by atoms with Crippen LogP contribution in [-0.4, -0.2) is 22.1 Å². The Morgan fingerprint density at radius 1 is 1.30 bits per heavy atom. The summed E-state index contributed by atoms with van der Waals surface area (Å²) in [6.45, 7) is 7.90. The number of aromatic nitrogens is 2. The smallest absolute Gasteiger partial charge is 0.259 e. The molecule has 0 aliphatic heterocycles. The van der Waals surface area contributed by atoms with Crippen LogP contribution in [0.4, 0.5) is 0 Å². The van der Waals surface area contributed by atoms with E-state index in [1.165, 1.54) is 0 Å². The maximum absolute atomic E-state index is 12.7. The first-order valence-electron chi connectivity index (χ1n) is 7.59. The fourth-order valence-electron chi connectivity index (χ4n) is 2.28. The van der Waals surface area contributed by atoms with E-state index in [1.807, 2.05) is 6.92 Å². The second-order valence-corrected chi connectivity index (χ2v) is 5.99. The van der Waals surface area contributed by atoms with Crippen LogP contribution in [0.5, 0.6) is 0 Å². The van der Waals surface area contributed by atoms with Gasteiger partial charge in [0.25, 0.3) is 11.6 Å². The lowest BCUT2D eigenvalue weighted by Crippen LogP contribution is -2.36. The van der Waals surface area contributed by atoms with E-state index in [1.54, 1.807) is 31.4 Å². The molecule has 6 heteroatoms. The lowest BCUT2D eigenvalue weighted by atomic mass is 10.0. The van der Waals surface area contributed by atoms with Gasteiger partial charge < -0.3 is 14.3 Å². The third kappa shape index (κ3) is 2.84. The summed E-state index contributed by atoms with van der Waals surface area (Å²) in [5.41, 5.74) is 2.01. The van der Waals surface area contributed by atoms with Crippen molar-refractivity contribution in [3.8, 4) is 11.5 Å². The van der Waals surface area contributed by atoms with Gasteiger partial charge in [0.1, 0.15) is 5.69 Å². The summed E-state index contributed by atoms with van der Waals surface area (Å²) < 4.78 is 10.6. The summed E-state index contributed by atoms with van der Waals surface area (Å²) in [4.78, 5) is 17.1. The molecule has 0 saturated heterocycles. The minimum atomic E-state index is -0.169. The number of pyridine rings is 1. The van der Waals surface area contributed by atoms with Gasteiger partial charge in [-0.15, -0.1) is 0 Å². The number of rotatable bonds is 4. The number of amides is 1. The summed E-state index contributed by atoms with van der Waals surface area (Å²) >= 11 is 0. The topological polar surface area (TPSA) is 81.2 Å². The molecular weight excluding hydrogens is 294 g/mol. The van der Waals surface area contributed by atoms with Crippen LogP contribution >= 0.6 is 0 Å². The van der Waals surface area contributed by atoms with Crippen molar-refractivity contribution in [2.45, 2.75) is 33.7 Å². The van der Waals surface area contributed by atoms with E-state index in [0.717, 1.165) is 0 Å². The molecule has 6 nitrogen and oxygen atoms in total. The monoisotopic (exact) mass is 313 g/mol. The Morgan fingerprint density at radius 3 is 2.74 bits per heavy atom. The number of aryl methyl sites for hydroxylation is 1. The van der Waals surface area contributed by atoms with Crippen LogP contribution in [-0.2, 0) is 0 Å². The van der Waals surface area contributed by atoms with Gasteiger partial charge in [0, 0.05) is 6.04 Å². The maximum Gasteiger partial charge on any atom is 0.259 e. The van der Waals surface area contributed by atoms with Crippen molar-refractivity contribution in [1.82, 2.24) is 15.5 Å². The predicted molar refractivity (Wildman–Crippen MR) is 86.0 cm³/mol. The van der Waals surface area contributed by atoms with Gasteiger partial charge in [-0.05, 0) is 38.0 Å². The quantitative estimate of drug-likeness (QED) is 0.796. The van der Waals surface area contributed by atoms with Crippen LogP contribution in [0.2, 0.25) is 0 Å². The zero-order chi connectivity index (χ0) is 16.6. The molecule has 1 unspecified atom stereocenters. The van der Waals surface area contributed by atoms with Gasteiger partial charge >= 0.3 is 0 Å². The van der Waals surface area contributed by atoms with Crippen molar-refractivity contribution in [1.29, 1.82) is 0 Å². The Labute approximate surface area is 133 Å². The summed E-state index contributed by atoms with van der Waals surface area (Å²) in [7, 11) is 0. The van der Waals surface area contributed by atoms with Gasteiger partial charge in [0.15, 0.2) is 5.76 Å². The average molecular weight is 313 g/mol. The standard InChI is InChI=1S/C17H19N3O3/c1-9(2)10(3)18-16(21)12-8-13(14-6-5-7-22-14)19-17-15(12)11(4)20-23-17/h5-10H,1-4H3,(H,18,21). The van der Waals surface area contributed by atoms with E-state index in [4.69, 9.17) is 8.94 Å². The van der Waals surface area contributed by atoms with E-state index in [-0.39, 0.29) is 11.9 Å². The van der Waals surface area contributed by atoms with E-state index in [0.29, 0.717) is 39.7 Å². The highest BCUT2D eigenvalue weighted by Crippen LogP contribution is 2.27. The highest BCUT2D eigenvalue weighted by molar-refractivity contribution is 6.07.